The SMILES string of the molecule is O=C(COc1ncnc2ccccc12)NCC(=O)Nc1ccc(F)c(F)c1F. The number of para-hydroxylation sites is 1. The third kappa shape index (κ3) is 4.34. The van der Waals surface area contributed by atoms with Gasteiger partial charge in [0.15, 0.2) is 24.1 Å². The summed E-state index contributed by atoms with van der Waals surface area (Å²) in [5.74, 6) is -5.87. The molecule has 10 heteroatoms. The highest BCUT2D eigenvalue weighted by atomic mass is 19.2. The van der Waals surface area contributed by atoms with Crippen LogP contribution < -0.4 is 15.4 Å². The van der Waals surface area contributed by atoms with Crippen molar-refractivity contribution in [2.24, 2.45) is 0 Å². The van der Waals surface area contributed by atoms with Gasteiger partial charge in [-0.25, -0.2) is 23.1 Å². The Bertz CT molecular complexity index is 1040. The molecule has 1 aromatic heterocycles. The Morgan fingerprint density at radius 3 is 2.57 bits per heavy atom. The molecule has 0 spiro atoms. The summed E-state index contributed by atoms with van der Waals surface area (Å²) in [7, 11) is 0. The lowest BCUT2D eigenvalue weighted by atomic mass is 10.2. The van der Waals surface area contributed by atoms with Crippen LogP contribution in [0.3, 0.4) is 0 Å². The first kappa shape index (κ1) is 19.1. The number of ether oxygens (including phenoxy) is 1. The third-order valence-corrected chi connectivity index (χ3v) is 3.60. The Morgan fingerprint density at radius 2 is 1.75 bits per heavy atom. The van der Waals surface area contributed by atoms with Gasteiger partial charge in [-0.1, -0.05) is 12.1 Å². The topological polar surface area (TPSA) is 93.2 Å². The number of anilines is 1. The number of hydrogen-bond donors (Lipinski definition) is 2. The lowest BCUT2D eigenvalue weighted by Gasteiger charge is -2.09. The van der Waals surface area contributed by atoms with Gasteiger partial charge in [-0.2, -0.15) is 0 Å². The highest BCUT2D eigenvalue weighted by molar-refractivity contribution is 5.94. The predicted molar refractivity (Wildman–Crippen MR) is 93.0 cm³/mol. The van der Waals surface area contributed by atoms with Crippen LogP contribution in [-0.4, -0.2) is 34.9 Å². The molecule has 2 aromatic carbocycles. The van der Waals surface area contributed by atoms with Crippen molar-refractivity contribution in [2.45, 2.75) is 0 Å². The molecule has 0 aliphatic rings. The molecule has 0 atom stereocenters. The zero-order chi connectivity index (χ0) is 20.1. The van der Waals surface area contributed by atoms with Crippen LogP contribution in [0.25, 0.3) is 10.9 Å². The lowest BCUT2D eigenvalue weighted by molar-refractivity contribution is -0.125. The zero-order valence-corrected chi connectivity index (χ0v) is 14.2. The molecule has 144 valence electrons. The van der Waals surface area contributed by atoms with Crippen molar-refractivity contribution >= 4 is 28.4 Å². The maximum absolute atomic E-state index is 13.5. The summed E-state index contributed by atoms with van der Waals surface area (Å²) < 4.78 is 44.8. The summed E-state index contributed by atoms with van der Waals surface area (Å²) in [5.41, 5.74) is 0.0997. The van der Waals surface area contributed by atoms with Gasteiger partial charge >= 0.3 is 0 Å². The van der Waals surface area contributed by atoms with E-state index in [0.717, 1.165) is 6.07 Å². The van der Waals surface area contributed by atoms with Crippen molar-refractivity contribution in [2.75, 3.05) is 18.5 Å². The van der Waals surface area contributed by atoms with E-state index in [9.17, 15) is 22.8 Å². The van der Waals surface area contributed by atoms with E-state index in [1.807, 2.05) is 5.32 Å². The average molecular weight is 390 g/mol. The van der Waals surface area contributed by atoms with Crippen LogP contribution in [0.5, 0.6) is 5.88 Å². The Labute approximate surface area is 156 Å². The number of fused-ring (bicyclic) bond motifs is 1. The fourth-order valence-corrected chi connectivity index (χ4v) is 2.28. The first-order valence-corrected chi connectivity index (χ1v) is 7.98. The van der Waals surface area contributed by atoms with E-state index >= 15 is 0 Å². The summed E-state index contributed by atoms with van der Waals surface area (Å²) in [6.45, 7) is -0.945. The number of amides is 2. The Hall–Kier alpha value is -3.69. The maximum Gasteiger partial charge on any atom is 0.258 e. The van der Waals surface area contributed by atoms with Crippen molar-refractivity contribution in [3.63, 3.8) is 0 Å². The summed E-state index contributed by atoms with van der Waals surface area (Å²) in [5, 5.41) is 4.91. The van der Waals surface area contributed by atoms with Crippen LogP contribution in [0.4, 0.5) is 18.9 Å². The minimum atomic E-state index is -1.70. The van der Waals surface area contributed by atoms with Crippen LogP contribution in [0.15, 0.2) is 42.7 Å². The van der Waals surface area contributed by atoms with E-state index < -0.39 is 48.1 Å². The van der Waals surface area contributed by atoms with E-state index in [1.165, 1.54) is 6.33 Å². The molecule has 0 saturated heterocycles. The fourth-order valence-electron chi connectivity index (χ4n) is 2.28. The number of halogens is 3. The van der Waals surface area contributed by atoms with E-state index in [0.29, 0.717) is 17.0 Å². The number of hydrogen-bond acceptors (Lipinski definition) is 5. The van der Waals surface area contributed by atoms with Gasteiger partial charge in [0.1, 0.15) is 6.33 Å². The van der Waals surface area contributed by atoms with Crippen molar-refractivity contribution in [3.8, 4) is 5.88 Å². The van der Waals surface area contributed by atoms with Crippen LogP contribution >= 0.6 is 0 Å². The second-order valence-corrected chi connectivity index (χ2v) is 5.53. The van der Waals surface area contributed by atoms with Crippen LogP contribution in [0.2, 0.25) is 0 Å². The van der Waals surface area contributed by atoms with Gasteiger partial charge < -0.3 is 15.4 Å². The van der Waals surface area contributed by atoms with Gasteiger partial charge in [-0.15, -0.1) is 0 Å². The molecule has 2 N–H and O–H groups in total. The molecule has 0 bridgehead atoms. The number of carbonyl (C=O) groups excluding carboxylic acids is 2. The van der Waals surface area contributed by atoms with Crippen LogP contribution in [0, 0.1) is 17.5 Å². The molecule has 28 heavy (non-hydrogen) atoms. The first-order chi connectivity index (χ1) is 13.5. The quantitative estimate of drug-likeness (QED) is 0.630. The molecule has 0 unspecified atom stereocenters. The summed E-state index contributed by atoms with van der Waals surface area (Å²) in [4.78, 5) is 31.6. The first-order valence-electron chi connectivity index (χ1n) is 7.98. The molecule has 1 heterocycles. The van der Waals surface area contributed by atoms with E-state index in [4.69, 9.17) is 4.74 Å². The minimum Gasteiger partial charge on any atom is -0.467 e. The van der Waals surface area contributed by atoms with E-state index in [1.54, 1.807) is 24.3 Å². The Balaban J connectivity index is 1.51. The van der Waals surface area contributed by atoms with E-state index in [-0.39, 0.29) is 5.88 Å². The Morgan fingerprint density at radius 1 is 0.964 bits per heavy atom. The molecule has 3 rings (SSSR count). The van der Waals surface area contributed by atoms with Gasteiger partial charge in [0.25, 0.3) is 5.91 Å². The summed E-state index contributed by atoms with van der Waals surface area (Å²) in [6, 6.07) is 8.59. The van der Waals surface area contributed by atoms with Gasteiger partial charge in [-0.3, -0.25) is 9.59 Å². The molecule has 0 aliphatic carbocycles. The fraction of sp³-hybridized carbons (Fsp3) is 0.111. The normalized spacial score (nSPS) is 10.5. The molecule has 3 aromatic rings. The summed E-state index contributed by atoms with van der Waals surface area (Å²) >= 11 is 0. The number of rotatable bonds is 6. The second-order valence-electron chi connectivity index (χ2n) is 5.53. The van der Waals surface area contributed by atoms with E-state index in [2.05, 4.69) is 15.3 Å². The van der Waals surface area contributed by atoms with Crippen molar-refractivity contribution < 1.29 is 27.5 Å². The van der Waals surface area contributed by atoms with Gasteiger partial charge in [0.2, 0.25) is 11.8 Å². The highest BCUT2D eigenvalue weighted by Crippen LogP contribution is 2.20. The molecule has 7 nitrogen and oxygen atoms in total. The minimum absolute atomic E-state index is 0.203. The van der Waals surface area contributed by atoms with Gasteiger partial charge in [0, 0.05) is 0 Å². The van der Waals surface area contributed by atoms with Gasteiger partial charge in [-0.05, 0) is 24.3 Å². The molecular weight excluding hydrogens is 377 g/mol. The number of nitrogens with one attached hydrogen (secondary N) is 2. The Kier molecular flexibility index (Phi) is 5.68. The molecule has 0 aliphatic heterocycles. The lowest BCUT2D eigenvalue weighted by Crippen LogP contribution is -2.36. The number of nitrogens with zero attached hydrogens (tertiary/aromatic N) is 2. The molecule has 2 amide bonds. The standard InChI is InChI=1S/C18H13F3N4O3/c19-11-5-6-13(17(21)16(11)20)25-14(26)7-22-15(27)8-28-18-10-3-1-2-4-12(10)23-9-24-18/h1-6,9H,7-8H2,(H,22,27)(H,25,26). The van der Waals surface area contributed by atoms with Crippen LogP contribution in [0.1, 0.15) is 0 Å². The maximum atomic E-state index is 13.5. The van der Waals surface area contributed by atoms with Crippen molar-refractivity contribution in [1.82, 2.24) is 15.3 Å². The smallest absolute Gasteiger partial charge is 0.258 e. The molecule has 0 radical (unpaired) electrons. The number of benzene rings is 2. The van der Waals surface area contributed by atoms with Crippen molar-refractivity contribution in [1.29, 1.82) is 0 Å². The van der Waals surface area contributed by atoms with Gasteiger partial charge in [0.05, 0.1) is 23.1 Å². The molecular formula is C18H13F3N4O3. The predicted octanol–water partition coefficient (Wildman–Crippen LogP) is 2.18. The monoisotopic (exact) mass is 390 g/mol. The molecule has 0 saturated carbocycles. The average Bonchev–Trinajstić information content (AvgIpc) is 2.71. The highest BCUT2D eigenvalue weighted by Gasteiger charge is 2.16. The third-order valence-electron chi connectivity index (χ3n) is 3.60. The zero-order valence-electron chi connectivity index (χ0n) is 14.2. The van der Waals surface area contributed by atoms with Crippen LogP contribution in [-0.2, 0) is 9.59 Å². The summed E-state index contributed by atoms with van der Waals surface area (Å²) in [6.07, 6.45) is 1.29. The largest absolute Gasteiger partial charge is 0.467 e. The second kappa shape index (κ2) is 8.33. The number of carbonyl (C=O) groups is 2. The van der Waals surface area contributed by atoms with Crippen molar-refractivity contribution in [3.05, 3.63) is 60.2 Å². The number of aromatic nitrogens is 2. The molecule has 0 fully saturated rings.